The van der Waals surface area contributed by atoms with Gasteiger partial charge in [-0.1, -0.05) is 48.0 Å². The van der Waals surface area contributed by atoms with E-state index in [0.29, 0.717) is 29.3 Å². The molecule has 2 aliphatic heterocycles. The Morgan fingerprint density at radius 3 is 2.30 bits per heavy atom. The Hall–Kier alpha value is -3.86. The highest BCUT2D eigenvalue weighted by Gasteiger charge is 2.45. The maximum Gasteiger partial charge on any atom is 0.282 e. The molecule has 33 heavy (non-hydrogen) atoms. The molecule has 5 nitrogen and oxygen atoms in total. The van der Waals surface area contributed by atoms with Crippen LogP contribution in [-0.2, 0) is 16.0 Å². The van der Waals surface area contributed by atoms with Gasteiger partial charge in [0, 0.05) is 12.2 Å². The molecule has 3 aromatic rings. The number of para-hydroxylation sites is 1. The number of carbonyl (C=O) groups excluding carboxylic acids is 2. The van der Waals surface area contributed by atoms with Crippen molar-refractivity contribution in [3.63, 3.8) is 0 Å². The lowest BCUT2D eigenvalue weighted by atomic mass is 9.97. The predicted octanol–water partition coefficient (Wildman–Crippen LogP) is 4.97. The van der Waals surface area contributed by atoms with Crippen LogP contribution in [0.1, 0.15) is 27.8 Å². The highest BCUT2D eigenvalue weighted by Crippen LogP contribution is 2.42. The van der Waals surface area contributed by atoms with Gasteiger partial charge in [0.1, 0.15) is 11.4 Å². The number of amides is 2. The van der Waals surface area contributed by atoms with Gasteiger partial charge >= 0.3 is 0 Å². The molecule has 0 aromatic heterocycles. The Morgan fingerprint density at radius 2 is 1.55 bits per heavy atom. The summed E-state index contributed by atoms with van der Waals surface area (Å²) in [5.41, 5.74) is 7.31. The minimum absolute atomic E-state index is 0.324. The first-order valence-corrected chi connectivity index (χ1v) is 11.1. The Kier molecular flexibility index (Phi) is 5.05. The Morgan fingerprint density at radius 1 is 0.818 bits per heavy atom. The molecule has 2 amide bonds. The van der Waals surface area contributed by atoms with Crippen LogP contribution in [0.5, 0.6) is 5.75 Å². The van der Waals surface area contributed by atoms with E-state index >= 15 is 0 Å². The van der Waals surface area contributed by atoms with Crippen LogP contribution in [0, 0.1) is 20.8 Å². The maximum absolute atomic E-state index is 14.0. The number of methoxy groups -OCH3 is 1. The number of benzene rings is 3. The van der Waals surface area contributed by atoms with E-state index in [9.17, 15) is 9.59 Å². The topological polar surface area (TPSA) is 49.9 Å². The number of ether oxygens (including phenoxy) is 1. The van der Waals surface area contributed by atoms with Gasteiger partial charge in [-0.15, -0.1) is 0 Å². The molecule has 0 radical (unpaired) electrons. The molecule has 0 saturated heterocycles. The second-order valence-electron chi connectivity index (χ2n) is 8.69. The zero-order valence-corrected chi connectivity index (χ0v) is 19.3. The van der Waals surface area contributed by atoms with E-state index in [1.807, 2.05) is 74.2 Å². The molecule has 5 heteroatoms. The second-order valence-corrected chi connectivity index (χ2v) is 8.69. The number of fused-ring (bicyclic) bond motifs is 1. The Labute approximate surface area is 193 Å². The maximum atomic E-state index is 14.0. The largest absolute Gasteiger partial charge is 0.495 e. The second kappa shape index (κ2) is 7.93. The Bertz CT molecular complexity index is 1340. The third-order valence-electron chi connectivity index (χ3n) is 6.44. The average Bonchev–Trinajstić information content (AvgIpc) is 3.32. The Balaban J connectivity index is 1.74. The standard InChI is InChI=1S/C28H26N2O3/c1-17-9-11-21(19(3)15-17)25-26(29-14-13-20-7-5-6-8-22(20)29)28(32)30(27(25)31)23-16-18(2)10-12-24(23)33-4/h5-12,15-16H,13-14H2,1-4H3. The zero-order chi connectivity index (χ0) is 23.3. The van der Waals surface area contributed by atoms with Crippen LogP contribution < -0.4 is 14.5 Å². The quantitative estimate of drug-likeness (QED) is 0.540. The number of nitrogens with zero attached hydrogens (tertiary/aromatic N) is 2. The summed E-state index contributed by atoms with van der Waals surface area (Å²) in [5.74, 6) is -0.156. The lowest BCUT2D eigenvalue weighted by Gasteiger charge is -2.22. The summed E-state index contributed by atoms with van der Waals surface area (Å²) < 4.78 is 5.53. The fourth-order valence-electron chi connectivity index (χ4n) is 4.87. The minimum atomic E-state index is -0.324. The summed E-state index contributed by atoms with van der Waals surface area (Å²) in [7, 11) is 1.55. The number of anilines is 2. The first-order chi connectivity index (χ1) is 15.9. The molecule has 5 rings (SSSR count). The van der Waals surface area contributed by atoms with Crippen molar-refractivity contribution >= 4 is 28.8 Å². The number of rotatable bonds is 4. The van der Waals surface area contributed by atoms with Crippen LogP contribution in [0.4, 0.5) is 11.4 Å². The van der Waals surface area contributed by atoms with Gasteiger partial charge in [0.2, 0.25) is 0 Å². The first-order valence-electron chi connectivity index (χ1n) is 11.1. The number of imide groups is 1. The van der Waals surface area contributed by atoms with Gasteiger partial charge in [0.25, 0.3) is 11.8 Å². The van der Waals surface area contributed by atoms with Gasteiger partial charge in [0.05, 0.1) is 18.4 Å². The van der Waals surface area contributed by atoms with E-state index < -0.39 is 0 Å². The van der Waals surface area contributed by atoms with Gasteiger partial charge in [-0.05, 0) is 67.6 Å². The number of aryl methyl sites for hydroxylation is 3. The molecule has 0 N–H and O–H groups in total. The van der Waals surface area contributed by atoms with Gasteiger partial charge in [-0.3, -0.25) is 9.59 Å². The van der Waals surface area contributed by atoms with Gasteiger partial charge in [0.15, 0.2) is 0 Å². The summed E-state index contributed by atoms with van der Waals surface area (Å²) in [6, 6.07) is 19.6. The third-order valence-corrected chi connectivity index (χ3v) is 6.44. The van der Waals surface area contributed by atoms with Crippen molar-refractivity contribution in [2.45, 2.75) is 27.2 Å². The van der Waals surface area contributed by atoms with Crippen LogP contribution in [-0.4, -0.2) is 25.5 Å². The van der Waals surface area contributed by atoms with E-state index in [2.05, 4.69) is 6.07 Å². The average molecular weight is 439 g/mol. The van der Waals surface area contributed by atoms with Crippen LogP contribution >= 0.6 is 0 Å². The highest BCUT2D eigenvalue weighted by molar-refractivity contribution is 6.46. The van der Waals surface area contributed by atoms with E-state index in [0.717, 1.165) is 34.4 Å². The van der Waals surface area contributed by atoms with Gasteiger partial charge in [-0.25, -0.2) is 4.90 Å². The highest BCUT2D eigenvalue weighted by atomic mass is 16.5. The molecule has 0 unspecified atom stereocenters. The zero-order valence-electron chi connectivity index (χ0n) is 19.3. The predicted molar refractivity (Wildman–Crippen MR) is 131 cm³/mol. The molecule has 0 bridgehead atoms. The van der Waals surface area contributed by atoms with Crippen molar-refractivity contribution in [3.05, 3.63) is 94.2 Å². The molecule has 0 atom stereocenters. The summed E-state index contributed by atoms with van der Waals surface area (Å²) in [6.07, 6.45) is 0.828. The number of hydrogen-bond acceptors (Lipinski definition) is 4. The van der Waals surface area contributed by atoms with E-state index in [1.54, 1.807) is 13.2 Å². The van der Waals surface area contributed by atoms with E-state index in [4.69, 9.17) is 4.74 Å². The molecule has 0 spiro atoms. The van der Waals surface area contributed by atoms with Crippen molar-refractivity contribution in [2.24, 2.45) is 0 Å². The van der Waals surface area contributed by atoms with Crippen LogP contribution in [0.2, 0.25) is 0 Å². The molecule has 0 saturated carbocycles. The molecule has 2 heterocycles. The summed E-state index contributed by atoms with van der Waals surface area (Å²) >= 11 is 0. The summed E-state index contributed by atoms with van der Waals surface area (Å²) in [6.45, 7) is 6.60. The van der Waals surface area contributed by atoms with Crippen LogP contribution in [0.25, 0.3) is 5.57 Å². The van der Waals surface area contributed by atoms with Gasteiger partial charge < -0.3 is 9.64 Å². The SMILES string of the molecule is COc1ccc(C)cc1N1C(=O)C(c2ccc(C)cc2C)=C(N2CCc3ccccc32)C1=O. The lowest BCUT2D eigenvalue weighted by Crippen LogP contribution is -2.35. The van der Waals surface area contributed by atoms with Crippen LogP contribution in [0.3, 0.4) is 0 Å². The molecule has 0 aliphatic carbocycles. The minimum Gasteiger partial charge on any atom is -0.495 e. The number of carbonyl (C=O) groups is 2. The molecular weight excluding hydrogens is 412 g/mol. The third kappa shape index (κ3) is 3.32. The molecule has 3 aromatic carbocycles. The van der Waals surface area contributed by atoms with Crippen molar-refractivity contribution in [3.8, 4) is 5.75 Å². The lowest BCUT2D eigenvalue weighted by molar-refractivity contribution is -0.120. The fraction of sp³-hybridized carbons (Fsp3) is 0.214. The smallest absolute Gasteiger partial charge is 0.282 e. The first kappa shape index (κ1) is 21.0. The van der Waals surface area contributed by atoms with Crippen molar-refractivity contribution in [2.75, 3.05) is 23.5 Å². The molecule has 0 fully saturated rings. The van der Waals surface area contributed by atoms with Crippen molar-refractivity contribution < 1.29 is 14.3 Å². The summed E-state index contributed by atoms with van der Waals surface area (Å²) in [5, 5.41) is 0. The monoisotopic (exact) mass is 438 g/mol. The van der Waals surface area contributed by atoms with Crippen LogP contribution in [0.15, 0.2) is 66.4 Å². The number of hydrogen-bond donors (Lipinski definition) is 0. The fourth-order valence-corrected chi connectivity index (χ4v) is 4.87. The van der Waals surface area contributed by atoms with Crippen molar-refractivity contribution in [1.29, 1.82) is 0 Å². The molecule has 2 aliphatic rings. The van der Waals surface area contributed by atoms with E-state index in [1.165, 1.54) is 10.5 Å². The molecular formula is C28H26N2O3. The normalized spacial score (nSPS) is 15.5. The molecule has 166 valence electrons. The van der Waals surface area contributed by atoms with Crippen molar-refractivity contribution in [1.82, 2.24) is 0 Å². The summed E-state index contributed by atoms with van der Waals surface area (Å²) in [4.78, 5) is 31.3. The van der Waals surface area contributed by atoms with Gasteiger partial charge in [-0.2, -0.15) is 0 Å². The van der Waals surface area contributed by atoms with E-state index in [-0.39, 0.29) is 11.8 Å².